The molecule has 0 bridgehead atoms. The van der Waals surface area contributed by atoms with Gasteiger partial charge in [0, 0.05) is 5.41 Å². The van der Waals surface area contributed by atoms with Crippen LogP contribution in [0.2, 0.25) is 0 Å². The second-order valence-corrected chi connectivity index (χ2v) is 6.39. The van der Waals surface area contributed by atoms with Crippen LogP contribution in [0.25, 0.3) is 0 Å². The molecule has 0 atom stereocenters. The molecule has 134 valence electrons. The van der Waals surface area contributed by atoms with Crippen molar-refractivity contribution >= 4 is 11.9 Å². The predicted octanol–water partition coefficient (Wildman–Crippen LogP) is 2.85. The number of aromatic nitrogens is 2. The Kier molecular flexibility index (Phi) is 4.87. The zero-order chi connectivity index (χ0) is 17.9. The van der Waals surface area contributed by atoms with Crippen LogP contribution in [-0.2, 0) is 9.47 Å². The molecule has 0 spiro atoms. The summed E-state index contributed by atoms with van der Waals surface area (Å²) in [5, 5.41) is 0. The van der Waals surface area contributed by atoms with Crippen LogP contribution in [0.1, 0.15) is 58.2 Å². The van der Waals surface area contributed by atoms with Gasteiger partial charge in [-0.25, -0.2) is 19.6 Å². The maximum Gasteiger partial charge on any atom is 0.376 e. The van der Waals surface area contributed by atoms with Crippen molar-refractivity contribution in [3.05, 3.63) is 35.7 Å². The van der Waals surface area contributed by atoms with Crippen LogP contribution in [0.5, 0.6) is 0 Å². The van der Waals surface area contributed by atoms with Gasteiger partial charge in [0.2, 0.25) is 11.5 Å². The Labute approximate surface area is 144 Å². The lowest BCUT2D eigenvalue weighted by atomic mass is 9.88. The van der Waals surface area contributed by atoms with Crippen LogP contribution in [0.15, 0.2) is 21.6 Å². The highest BCUT2D eigenvalue weighted by Gasteiger charge is 2.38. The Balaban J connectivity index is 1.60. The van der Waals surface area contributed by atoms with Gasteiger partial charge in [0.25, 0.3) is 0 Å². The van der Waals surface area contributed by atoms with Crippen LogP contribution >= 0.6 is 0 Å². The first-order valence-corrected chi connectivity index (χ1v) is 8.15. The molecule has 25 heavy (non-hydrogen) atoms. The van der Waals surface area contributed by atoms with Gasteiger partial charge < -0.3 is 18.3 Å². The van der Waals surface area contributed by atoms with Crippen molar-refractivity contribution in [2.45, 2.75) is 39.5 Å². The zero-order valence-electron chi connectivity index (χ0n) is 14.2. The first-order chi connectivity index (χ1) is 12.0. The summed E-state index contributed by atoms with van der Waals surface area (Å²) in [6.07, 6.45) is 6.05. The van der Waals surface area contributed by atoms with E-state index in [0.29, 0.717) is 11.4 Å². The van der Waals surface area contributed by atoms with Crippen LogP contribution in [0, 0.1) is 19.3 Å². The molecule has 0 aromatic carbocycles. The van der Waals surface area contributed by atoms with E-state index >= 15 is 0 Å². The molecule has 0 radical (unpaired) electrons. The topological polar surface area (TPSA) is 105 Å². The summed E-state index contributed by atoms with van der Waals surface area (Å²) >= 11 is 0. The second-order valence-electron chi connectivity index (χ2n) is 6.39. The van der Waals surface area contributed by atoms with E-state index in [-0.39, 0.29) is 30.1 Å². The maximum atomic E-state index is 12.1. The van der Waals surface area contributed by atoms with Gasteiger partial charge in [0.1, 0.15) is 13.2 Å². The van der Waals surface area contributed by atoms with Crippen molar-refractivity contribution < 1.29 is 27.9 Å². The number of carbonyl (C=O) groups is 2. The smallest absolute Gasteiger partial charge is 0.376 e. The summed E-state index contributed by atoms with van der Waals surface area (Å²) in [6, 6.07) is 0. The number of aryl methyl sites for hydroxylation is 2. The highest BCUT2D eigenvalue weighted by atomic mass is 16.6. The fourth-order valence-electron chi connectivity index (χ4n) is 3.02. The van der Waals surface area contributed by atoms with E-state index in [1.54, 1.807) is 13.8 Å². The lowest BCUT2D eigenvalue weighted by molar-refractivity contribution is -0.00635. The van der Waals surface area contributed by atoms with Gasteiger partial charge in [-0.3, -0.25) is 0 Å². The Bertz CT molecular complexity index is 699. The number of esters is 2. The number of ether oxygens (including phenoxy) is 2. The lowest BCUT2D eigenvalue weighted by Crippen LogP contribution is -2.32. The molecule has 2 aromatic rings. The quantitative estimate of drug-likeness (QED) is 0.734. The molecule has 0 unspecified atom stereocenters. The standard InChI is InChI=1S/C17H20N2O6/c1-11-13(24-9-18-11)15(20)22-7-17(5-3-4-6-17)8-23-16(21)14-12(2)19-10-25-14/h9-10H,3-8H2,1-2H3. The van der Waals surface area contributed by atoms with Gasteiger partial charge >= 0.3 is 11.9 Å². The Morgan fingerprint density at radius 2 is 1.40 bits per heavy atom. The lowest BCUT2D eigenvalue weighted by Gasteiger charge is -2.27. The molecule has 8 heteroatoms. The molecule has 0 saturated heterocycles. The number of oxazole rings is 2. The normalized spacial score (nSPS) is 15.9. The van der Waals surface area contributed by atoms with Crippen molar-refractivity contribution in [2.24, 2.45) is 5.41 Å². The van der Waals surface area contributed by atoms with Crippen molar-refractivity contribution in [3.8, 4) is 0 Å². The van der Waals surface area contributed by atoms with Gasteiger partial charge in [-0.2, -0.15) is 0 Å². The average molecular weight is 348 g/mol. The average Bonchev–Trinajstić information content (AvgIpc) is 3.32. The van der Waals surface area contributed by atoms with E-state index in [2.05, 4.69) is 9.97 Å². The number of nitrogens with zero attached hydrogens (tertiary/aromatic N) is 2. The van der Waals surface area contributed by atoms with Gasteiger partial charge in [-0.15, -0.1) is 0 Å². The van der Waals surface area contributed by atoms with Gasteiger partial charge in [-0.1, -0.05) is 12.8 Å². The molecule has 3 rings (SSSR count). The molecule has 1 saturated carbocycles. The molecule has 2 aromatic heterocycles. The Morgan fingerprint density at radius 1 is 0.960 bits per heavy atom. The summed E-state index contributed by atoms with van der Waals surface area (Å²) in [5.74, 6) is -0.915. The van der Waals surface area contributed by atoms with E-state index < -0.39 is 11.9 Å². The summed E-state index contributed by atoms with van der Waals surface area (Å²) in [4.78, 5) is 32.0. The molecule has 0 amide bonds. The van der Waals surface area contributed by atoms with Crippen LogP contribution in [0.3, 0.4) is 0 Å². The molecular weight excluding hydrogens is 328 g/mol. The molecule has 0 N–H and O–H groups in total. The number of carbonyl (C=O) groups excluding carboxylic acids is 2. The number of rotatable bonds is 6. The molecule has 1 aliphatic carbocycles. The van der Waals surface area contributed by atoms with Gasteiger partial charge in [0.15, 0.2) is 12.8 Å². The first-order valence-electron chi connectivity index (χ1n) is 8.15. The van der Waals surface area contributed by atoms with Gasteiger partial charge in [-0.05, 0) is 26.7 Å². The molecule has 0 aliphatic heterocycles. The fourth-order valence-corrected chi connectivity index (χ4v) is 3.02. The minimum Gasteiger partial charge on any atom is -0.459 e. The third-order valence-corrected chi connectivity index (χ3v) is 4.54. The summed E-state index contributed by atoms with van der Waals surface area (Å²) in [5.41, 5.74) is 0.586. The van der Waals surface area contributed by atoms with Crippen LogP contribution in [-0.4, -0.2) is 35.1 Å². The third-order valence-electron chi connectivity index (χ3n) is 4.54. The van der Waals surface area contributed by atoms with Crippen molar-refractivity contribution in [3.63, 3.8) is 0 Å². The Morgan fingerprint density at radius 3 is 1.76 bits per heavy atom. The van der Waals surface area contributed by atoms with E-state index in [0.717, 1.165) is 25.7 Å². The molecule has 1 aliphatic rings. The van der Waals surface area contributed by atoms with Crippen molar-refractivity contribution in [1.29, 1.82) is 0 Å². The fraction of sp³-hybridized carbons (Fsp3) is 0.529. The van der Waals surface area contributed by atoms with E-state index in [9.17, 15) is 9.59 Å². The van der Waals surface area contributed by atoms with Crippen molar-refractivity contribution in [2.75, 3.05) is 13.2 Å². The first kappa shape index (κ1) is 17.2. The van der Waals surface area contributed by atoms with Crippen LogP contribution < -0.4 is 0 Å². The Hall–Kier alpha value is -2.64. The summed E-state index contributed by atoms with van der Waals surface area (Å²) in [6.45, 7) is 3.67. The van der Waals surface area contributed by atoms with E-state index in [1.165, 1.54) is 12.8 Å². The highest BCUT2D eigenvalue weighted by molar-refractivity contribution is 5.87. The highest BCUT2D eigenvalue weighted by Crippen LogP contribution is 2.39. The molecule has 1 fully saturated rings. The summed E-state index contributed by atoms with van der Waals surface area (Å²) in [7, 11) is 0. The summed E-state index contributed by atoms with van der Waals surface area (Å²) < 4.78 is 20.9. The SMILES string of the molecule is Cc1ncoc1C(=O)OCC1(COC(=O)c2ocnc2C)CCCC1. The van der Waals surface area contributed by atoms with Gasteiger partial charge in [0.05, 0.1) is 11.4 Å². The third kappa shape index (κ3) is 3.72. The minimum absolute atomic E-state index is 0.0995. The minimum atomic E-state index is -0.557. The number of hydrogen-bond acceptors (Lipinski definition) is 8. The monoisotopic (exact) mass is 348 g/mol. The predicted molar refractivity (Wildman–Crippen MR) is 83.9 cm³/mol. The maximum absolute atomic E-state index is 12.1. The molecule has 2 heterocycles. The second kappa shape index (κ2) is 7.08. The van der Waals surface area contributed by atoms with Crippen molar-refractivity contribution in [1.82, 2.24) is 9.97 Å². The van der Waals surface area contributed by atoms with E-state index in [4.69, 9.17) is 18.3 Å². The zero-order valence-corrected chi connectivity index (χ0v) is 14.2. The molecule has 8 nitrogen and oxygen atoms in total. The molecular formula is C17H20N2O6. The number of hydrogen-bond donors (Lipinski definition) is 0. The largest absolute Gasteiger partial charge is 0.459 e. The van der Waals surface area contributed by atoms with Crippen LogP contribution in [0.4, 0.5) is 0 Å². The van der Waals surface area contributed by atoms with E-state index in [1.807, 2.05) is 0 Å².